The summed E-state index contributed by atoms with van der Waals surface area (Å²) in [6, 6.07) is 7.98. The summed E-state index contributed by atoms with van der Waals surface area (Å²) in [5.74, 6) is 2.68. The van der Waals surface area contributed by atoms with E-state index in [9.17, 15) is 0 Å². The van der Waals surface area contributed by atoms with E-state index in [-0.39, 0.29) is 11.8 Å². The number of aromatic nitrogens is 4. The Morgan fingerprint density at radius 2 is 1.87 bits per heavy atom. The van der Waals surface area contributed by atoms with Crippen LogP contribution in [-0.2, 0) is 0 Å². The van der Waals surface area contributed by atoms with Crippen LogP contribution in [0.2, 0.25) is 5.15 Å². The van der Waals surface area contributed by atoms with Crippen molar-refractivity contribution in [2.45, 2.75) is 18.8 Å². The Balaban J connectivity index is 1.34. The van der Waals surface area contributed by atoms with Crippen molar-refractivity contribution >= 4 is 34.3 Å². The molecule has 0 atom stereocenters. The van der Waals surface area contributed by atoms with Crippen molar-refractivity contribution in [1.82, 2.24) is 19.9 Å². The van der Waals surface area contributed by atoms with Gasteiger partial charge in [0.25, 0.3) is 0 Å². The van der Waals surface area contributed by atoms with Crippen LogP contribution in [0.3, 0.4) is 0 Å². The van der Waals surface area contributed by atoms with Crippen molar-refractivity contribution in [2.75, 3.05) is 43.1 Å². The van der Waals surface area contributed by atoms with Crippen molar-refractivity contribution in [3.8, 4) is 11.8 Å². The minimum absolute atomic E-state index is 0.143. The van der Waals surface area contributed by atoms with Crippen molar-refractivity contribution in [2.24, 2.45) is 5.92 Å². The maximum absolute atomic E-state index is 9.16. The third kappa shape index (κ3) is 3.70. The highest BCUT2D eigenvalue weighted by atomic mass is 35.5. The standard InChI is InChI=1S/C22H22ClN7O/c1-31-16-2-3-17-18(10-16)27-22(28-20(17)23)30-12-15(13-30)19-21(26-7-6-25-19)29-8-4-14(11-24)5-9-29/h2-3,6-7,10,14-15H,4-5,8-9,12-13H2,1H3. The molecule has 0 saturated carbocycles. The summed E-state index contributed by atoms with van der Waals surface area (Å²) < 4.78 is 5.31. The molecule has 0 amide bonds. The molecule has 0 bridgehead atoms. The molecule has 0 unspecified atom stereocenters. The molecule has 9 heteroatoms. The normalized spacial score (nSPS) is 17.5. The Kier molecular flexibility index (Phi) is 5.20. The number of benzene rings is 1. The Labute approximate surface area is 185 Å². The first-order valence-corrected chi connectivity index (χ1v) is 10.8. The molecule has 158 valence electrons. The fourth-order valence-corrected chi connectivity index (χ4v) is 4.47. The number of methoxy groups -OCH3 is 1. The van der Waals surface area contributed by atoms with Gasteiger partial charge in [-0.15, -0.1) is 0 Å². The van der Waals surface area contributed by atoms with Gasteiger partial charge < -0.3 is 14.5 Å². The van der Waals surface area contributed by atoms with E-state index < -0.39 is 0 Å². The number of ether oxygens (including phenoxy) is 1. The topological polar surface area (TPSA) is 91.1 Å². The second kappa shape index (κ2) is 8.16. The maximum Gasteiger partial charge on any atom is 0.227 e. The predicted octanol–water partition coefficient (Wildman–Crippen LogP) is 3.43. The Morgan fingerprint density at radius 3 is 2.61 bits per heavy atom. The minimum Gasteiger partial charge on any atom is -0.497 e. The van der Waals surface area contributed by atoms with E-state index in [1.807, 2.05) is 18.2 Å². The molecule has 1 aromatic carbocycles. The van der Waals surface area contributed by atoms with E-state index in [1.165, 1.54) is 0 Å². The Morgan fingerprint density at radius 1 is 1.10 bits per heavy atom. The first-order chi connectivity index (χ1) is 15.2. The average molecular weight is 436 g/mol. The lowest BCUT2D eigenvalue weighted by atomic mass is 9.94. The number of hydrogen-bond acceptors (Lipinski definition) is 8. The summed E-state index contributed by atoms with van der Waals surface area (Å²) in [6.45, 7) is 3.19. The first kappa shape index (κ1) is 19.8. The van der Waals surface area contributed by atoms with Crippen LogP contribution in [0.5, 0.6) is 5.75 Å². The van der Waals surface area contributed by atoms with Crippen LogP contribution in [0.1, 0.15) is 24.5 Å². The molecule has 0 aliphatic carbocycles. The van der Waals surface area contributed by atoms with Gasteiger partial charge in [-0.05, 0) is 25.0 Å². The fourth-order valence-electron chi connectivity index (χ4n) is 4.24. The molecule has 8 nitrogen and oxygen atoms in total. The second-order valence-corrected chi connectivity index (χ2v) is 8.31. The zero-order valence-corrected chi connectivity index (χ0v) is 18.0. The molecule has 2 aromatic heterocycles. The van der Waals surface area contributed by atoms with Crippen molar-refractivity contribution in [3.63, 3.8) is 0 Å². The Hall–Kier alpha value is -3.18. The molecule has 2 aliphatic rings. The molecule has 2 aliphatic heterocycles. The third-order valence-electron chi connectivity index (χ3n) is 6.08. The lowest BCUT2D eigenvalue weighted by Crippen LogP contribution is -2.47. The van der Waals surface area contributed by atoms with Crippen LogP contribution in [0.4, 0.5) is 11.8 Å². The van der Waals surface area contributed by atoms with Gasteiger partial charge in [0, 0.05) is 61.9 Å². The molecular weight excluding hydrogens is 414 g/mol. The van der Waals surface area contributed by atoms with Crippen LogP contribution in [0.25, 0.3) is 10.9 Å². The zero-order chi connectivity index (χ0) is 21.4. The minimum atomic E-state index is 0.143. The van der Waals surface area contributed by atoms with Gasteiger partial charge in [0.1, 0.15) is 10.9 Å². The quantitative estimate of drug-likeness (QED) is 0.575. The summed E-state index contributed by atoms with van der Waals surface area (Å²) in [7, 11) is 1.63. The number of rotatable bonds is 4. The lowest BCUT2D eigenvalue weighted by Gasteiger charge is -2.40. The molecule has 0 N–H and O–H groups in total. The van der Waals surface area contributed by atoms with E-state index in [1.54, 1.807) is 19.5 Å². The zero-order valence-electron chi connectivity index (χ0n) is 17.2. The van der Waals surface area contributed by atoms with Crippen LogP contribution in [0, 0.1) is 17.2 Å². The molecular formula is C22H22ClN7O. The molecule has 5 rings (SSSR count). The van der Waals surface area contributed by atoms with Gasteiger partial charge in [-0.3, -0.25) is 4.98 Å². The summed E-state index contributed by atoms with van der Waals surface area (Å²) in [4.78, 5) is 22.8. The second-order valence-electron chi connectivity index (χ2n) is 7.96. The van der Waals surface area contributed by atoms with Crippen LogP contribution >= 0.6 is 11.6 Å². The van der Waals surface area contributed by atoms with Crippen molar-refractivity contribution in [3.05, 3.63) is 41.4 Å². The van der Waals surface area contributed by atoms with Crippen LogP contribution in [-0.4, -0.2) is 53.2 Å². The highest BCUT2D eigenvalue weighted by Crippen LogP contribution is 2.35. The smallest absolute Gasteiger partial charge is 0.227 e. The van der Waals surface area contributed by atoms with Gasteiger partial charge in [-0.1, -0.05) is 11.6 Å². The molecule has 2 fully saturated rings. The Bertz CT molecular complexity index is 1150. The predicted molar refractivity (Wildman–Crippen MR) is 119 cm³/mol. The number of fused-ring (bicyclic) bond motifs is 1. The third-order valence-corrected chi connectivity index (χ3v) is 6.37. The molecule has 2 saturated heterocycles. The SMILES string of the molecule is COc1ccc2c(Cl)nc(N3CC(c4nccnc4N4CCC(C#N)CC4)C3)nc2c1. The van der Waals surface area contributed by atoms with Gasteiger partial charge in [0.15, 0.2) is 5.82 Å². The van der Waals surface area contributed by atoms with E-state index in [0.717, 1.165) is 67.2 Å². The summed E-state index contributed by atoms with van der Waals surface area (Å²) in [5, 5.41) is 10.4. The van der Waals surface area contributed by atoms with E-state index in [4.69, 9.17) is 26.6 Å². The molecule has 3 aromatic rings. The maximum atomic E-state index is 9.16. The summed E-state index contributed by atoms with van der Waals surface area (Å²) in [5.41, 5.74) is 1.76. The number of piperidine rings is 1. The lowest BCUT2D eigenvalue weighted by molar-refractivity contribution is 0.415. The number of anilines is 2. The largest absolute Gasteiger partial charge is 0.497 e. The van der Waals surface area contributed by atoms with Crippen molar-refractivity contribution in [1.29, 1.82) is 5.26 Å². The van der Waals surface area contributed by atoms with Crippen LogP contribution < -0.4 is 14.5 Å². The van der Waals surface area contributed by atoms with E-state index in [0.29, 0.717) is 11.1 Å². The number of hydrogen-bond donors (Lipinski definition) is 0. The highest BCUT2D eigenvalue weighted by molar-refractivity contribution is 6.34. The number of halogens is 1. The molecule has 0 spiro atoms. The van der Waals surface area contributed by atoms with Gasteiger partial charge in [-0.25, -0.2) is 15.0 Å². The average Bonchev–Trinajstić information content (AvgIpc) is 2.78. The van der Waals surface area contributed by atoms with Crippen molar-refractivity contribution < 1.29 is 4.74 Å². The van der Waals surface area contributed by atoms with Gasteiger partial charge in [0.05, 0.1) is 24.4 Å². The van der Waals surface area contributed by atoms with Crippen LogP contribution in [0.15, 0.2) is 30.6 Å². The van der Waals surface area contributed by atoms with Gasteiger partial charge in [-0.2, -0.15) is 5.26 Å². The summed E-state index contributed by atoms with van der Waals surface area (Å²) >= 11 is 6.42. The molecule has 0 radical (unpaired) electrons. The monoisotopic (exact) mass is 435 g/mol. The van der Waals surface area contributed by atoms with Gasteiger partial charge >= 0.3 is 0 Å². The first-order valence-electron chi connectivity index (χ1n) is 10.4. The molecule has 31 heavy (non-hydrogen) atoms. The van der Waals surface area contributed by atoms with E-state index >= 15 is 0 Å². The summed E-state index contributed by atoms with van der Waals surface area (Å²) in [6.07, 6.45) is 5.23. The fraction of sp³-hybridized carbons (Fsp3) is 0.409. The van der Waals surface area contributed by atoms with Gasteiger partial charge in [0.2, 0.25) is 5.95 Å². The van der Waals surface area contributed by atoms with E-state index in [2.05, 4.69) is 30.8 Å². The molecule has 4 heterocycles. The number of nitrogens with zero attached hydrogens (tertiary/aromatic N) is 7. The highest BCUT2D eigenvalue weighted by Gasteiger charge is 2.35. The number of nitriles is 1.